The quantitative estimate of drug-likeness (QED) is 0.760. The van der Waals surface area contributed by atoms with Gasteiger partial charge in [-0.2, -0.15) is 0 Å². The van der Waals surface area contributed by atoms with Crippen molar-refractivity contribution in [3.05, 3.63) is 35.9 Å². The van der Waals surface area contributed by atoms with Crippen LogP contribution >= 0.6 is 0 Å². The number of piperazine rings is 1. The van der Waals surface area contributed by atoms with Gasteiger partial charge in [-0.15, -0.1) is 0 Å². The van der Waals surface area contributed by atoms with E-state index in [-0.39, 0.29) is 0 Å². The Labute approximate surface area is 122 Å². The molecule has 1 aromatic rings. The number of hydrogen-bond donors (Lipinski definition) is 0. The molecule has 2 rings (SSSR count). The Bertz CT molecular complexity index is 361. The first-order valence-corrected chi connectivity index (χ1v) is 10.3. The van der Waals surface area contributed by atoms with Crippen molar-refractivity contribution in [1.82, 2.24) is 9.47 Å². The van der Waals surface area contributed by atoms with Crippen LogP contribution in [-0.4, -0.2) is 61.6 Å². The Balaban J connectivity index is 1.84. The van der Waals surface area contributed by atoms with Crippen LogP contribution in [0.15, 0.2) is 30.3 Å². The molecule has 0 N–H and O–H groups in total. The van der Waals surface area contributed by atoms with Gasteiger partial charge in [-0.1, -0.05) is 0 Å². The van der Waals surface area contributed by atoms with Crippen LogP contribution in [0, 0.1) is 0 Å². The van der Waals surface area contributed by atoms with Crippen LogP contribution in [0.4, 0.5) is 0 Å². The molecule has 0 aromatic heterocycles. The second kappa shape index (κ2) is 6.41. The van der Waals surface area contributed by atoms with Gasteiger partial charge in [0.05, 0.1) is 0 Å². The van der Waals surface area contributed by atoms with Gasteiger partial charge < -0.3 is 0 Å². The van der Waals surface area contributed by atoms with Crippen molar-refractivity contribution < 1.29 is 0 Å². The standard InChI is InChI=1S/C14H23N2Si.Li/c1-17(2,3)16-11-9-15(10-12-16)13-14-7-5-4-6-8-14;/h4-8H,1,9-13H2,2-3H3;. The third-order valence-corrected chi connectivity index (χ3v) is 8.23. The second-order valence-electron chi connectivity index (χ2n) is 5.91. The van der Waals surface area contributed by atoms with E-state index >= 15 is 0 Å². The fourth-order valence-electron chi connectivity index (χ4n) is 2.58. The van der Waals surface area contributed by atoms with Gasteiger partial charge >= 0.3 is 122 Å². The van der Waals surface area contributed by atoms with Gasteiger partial charge in [-0.3, -0.25) is 0 Å². The maximum atomic E-state index is 2.77. The Morgan fingerprint density at radius 2 is 1.67 bits per heavy atom. The zero-order valence-corrected chi connectivity index (χ0v) is 13.0. The van der Waals surface area contributed by atoms with Gasteiger partial charge in [0.1, 0.15) is 0 Å². The summed E-state index contributed by atoms with van der Waals surface area (Å²) >= 11 is 2.35. The third-order valence-electron chi connectivity index (χ3n) is 4.34. The molecule has 1 fully saturated rings. The summed E-state index contributed by atoms with van der Waals surface area (Å²) in [5.74, 6) is 0. The predicted octanol–water partition coefficient (Wildman–Crippen LogP) is 2.14. The normalized spacial score (nSPS) is 19.1. The average molecular weight is 254 g/mol. The monoisotopic (exact) mass is 254 g/mol. The Morgan fingerprint density at radius 3 is 2.22 bits per heavy atom. The van der Waals surface area contributed by atoms with E-state index in [0.717, 1.165) is 6.54 Å². The molecule has 0 amide bonds. The molecule has 1 aliphatic rings. The molecule has 2 nitrogen and oxygen atoms in total. The second-order valence-corrected chi connectivity index (χ2v) is 10.9. The van der Waals surface area contributed by atoms with Gasteiger partial charge in [0.25, 0.3) is 0 Å². The minimum atomic E-state index is -1.09. The molecule has 18 heavy (non-hydrogen) atoms. The van der Waals surface area contributed by atoms with Crippen molar-refractivity contribution in [2.75, 3.05) is 26.2 Å². The van der Waals surface area contributed by atoms with Crippen molar-refractivity contribution in [3.63, 3.8) is 0 Å². The van der Waals surface area contributed by atoms with E-state index in [2.05, 4.69) is 70.6 Å². The first kappa shape index (κ1) is 14.4. The fourth-order valence-corrected chi connectivity index (χ4v) is 4.43. The molecular weight excluding hydrogens is 231 g/mol. The summed E-state index contributed by atoms with van der Waals surface area (Å²) in [4.78, 5) is 2.59. The van der Waals surface area contributed by atoms with Crippen molar-refractivity contribution in [3.8, 4) is 0 Å². The fraction of sp³-hybridized carbons (Fsp3) is 0.571. The van der Waals surface area contributed by atoms with Gasteiger partial charge in [0.15, 0.2) is 0 Å². The number of hydrogen-bond acceptors (Lipinski definition) is 2. The van der Waals surface area contributed by atoms with E-state index in [0.29, 0.717) is 0 Å². The minimum absolute atomic E-state index is 1.09. The number of rotatable bonds is 4. The molecule has 1 aliphatic heterocycles. The van der Waals surface area contributed by atoms with Crippen LogP contribution < -0.4 is 0 Å². The zero-order chi connectivity index (χ0) is 13.0. The summed E-state index contributed by atoms with van der Waals surface area (Å²) in [6.45, 7) is 11.1. The van der Waals surface area contributed by atoms with E-state index in [1.54, 1.807) is 0 Å². The SMILES string of the molecule is [Li][CH2][Si](C)(C)N1CCN(Cc2ccccc2)CC1. The summed E-state index contributed by atoms with van der Waals surface area (Å²) in [5.41, 5.74) is 1.44. The molecule has 0 aliphatic carbocycles. The van der Waals surface area contributed by atoms with E-state index in [9.17, 15) is 0 Å². The van der Waals surface area contributed by atoms with Gasteiger partial charge in [-0.25, -0.2) is 0 Å². The van der Waals surface area contributed by atoms with E-state index in [1.165, 1.54) is 36.5 Å². The molecule has 94 valence electrons. The molecule has 1 aromatic carbocycles. The molecule has 0 unspecified atom stereocenters. The first-order valence-electron chi connectivity index (χ1n) is 7.13. The zero-order valence-electron chi connectivity index (χ0n) is 12.0. The molecule has 0 bridgehead atoms. The van der Waals surface area contributed by atoms with Gasteiger partial charge in [0, 0.05) is 0 Å². The summed E-state index contributed by atoms with van der Waals surface area (Å²) in [6, 6.07) is 10.8. The van der Waals surface area contributed by atoms with Crippen LogP contribution in [0.25, 0.3) is 0 Å². The molecule has 4 heteroatoms. The van der Waals surface area contributed by atoms with Gasteiger partial charge in [0.2, 0.25) is 0 Å². The average Bonchev–Trinajstić information content (AvgIpc) is 2.40. The maximum absolute atomic E-state index is 2.77. The van der Waals surface area contributed by atoms with Crippen LogP contribution in [0.5, 0.6) is 0 Å². The van der Waals surface area contributed by atoms with Crippen molar-refractivity contribution >= 4 is 26.0 Å². The molecular formula is C14H23LiN2Si. The van der Waals surface area contributed by atoms with Crippen LogP contribution in [0.3, 0.4) is 0 Å². The molecule has 0 spiro atoms. The number of benzene rings is 1. The van der Waals surface area contributed by atoms with E-state index < -0.39 is 8.24 Å². The van der Waals surface area contributed by atoms with Crippen LogP contribution in [0.1, 0.15) is 5.56 Å². The summed E-state index contributed by atoms with van der Waals surface area (Å²) in [6.07, 6.45) is 0. The van der Waals surface area contributed by atoms with Crippen LogP contribution in [-0.2, 0) is 6.54 Å². The van der Waals surface area contributed by atoms with Crippen LogP contribution in [0.2, 0.25) is 17.8 Å². The first-order chi connectivity index (χ1) is 8.62. The topological polar surface area (TPSA) is 6.48 Å². The Hall–Kier alpha value is -0.0457. The molecule has 0 radical (unpaired) electrons. The van der Waals surface area contributed by atoms with Gasteiger partial charge in [-0.05, 0) is 0 Å². The Morgan fingerprint density at radius 1 is 1.06 bits per heavy atom. The van der Waals surface area contributed by atoms with E-state index in [1.807, 2.05) is 0 Å². The summed E-state index contributed by atoms with van der Waals surface area (Å²) in [5, 5.41) is 0. The van der Waals surface area contributed by atoms with Crippen molar-refractivity contribution in [2.45, 2.75) is 24.4 Å². The number of nitrogens with zero attached hydrogens (tertiary/aromatic N) is 2. The molecule has 1 saturated heterocycles. The van der Waals surface area contributed by atoms with Crippen molar-refractivity contribution in [1.29, 1.82) is 0 Å². The van der Waals surface area contributed by atoms with Crippen molar-refractivity contribution in [2.24, 2.45) is 0 Å². The third kappa shape index (κ3) is 3.72. The van der Waals surface area contributed by atoms with E-state index in [4.69, 9.17) is 0 Å². The summed E-state index contributed by atoms with van der Waals surface area (Å²) in [7, 11) is -1.09. The molecule has 0 atom stereocenters. The molecule has 1 heterocycles. The predicted molar refractivity (Wildman–Crippen MR) is 81.3 cm³/mol. The Kier molecular flexibility index (Phi) is 5.11. The summed E-state index contributed by atoms with van der Waals surface area (Å²) < 4.78 is 4.14. The molecule has 0 saturated carbocycles.